The van der Waals surface area contributed by atoms with Gasteiger partial charge in [0, 0.05) is 0 Å². The second-order valence-corrected chi connectivity index (χ2v) is 17.6. The Balaban J connectivity index is 1.01. The zero-order valence-electron chi connectivity index (χ0n) is 23.8. The van der Waals surface area contributed by atoms with Crippen LogP contribution in [0.25, 0.3) is 0 Å². The van der Waals surface area contributed by atoms with Crippen molar-refractivity contribution in [2.45, 2.75) is 101 Å². The van der Waals surface area contributed by atoms with Gasteiger partial charge in [-0.1, -0.05) is 24.3 Å². The van der Waals surface area contributed by atoms with Crippen LogP contribution in [0.3, 0.4) is 0 Å². The van der Waals surface area contributed by atoms with Crippen LogP contribution in [0.5, 0.6) is 0 Å². The van der Waals surface area contributed by atoms with E-state index in [9.17, 15) is 0 Å². The number of esters is 2. The summed E-state index contributed by atoms with van der Waals surface area (Å²) in [6, 6.07) is 0. The van der Waals surface area contributed by atoms with E-state index in [1.165, 1.54) is 38.5 Å². The van der Waals surface area contributed by atoms with E-state index in [-0.39, 0.29) is 46.8 Å². The molecule has 0 radical (unpaired) electrons. The third-order valence-electron chi connectivity index (χ3n) is 15.7. The number of fused-ring (bicyclic) bond motifs is 12. The van der Waals surface area contributed by atoms with Gasteiger partial charge in [-0.25, -0.2) is 0 Å². The minimum atomic E-state index is -0.704. The Morgan fingerprint density at radius 1 is 0.475 bits per heavy atom. The summed E-state index contributed by atoms with van der Waals surface area (Å²) >= 11 is 0. The second kappa shape index (κ2) is 6.96. The molecular weight excluding hydrogens is 496 g/mol. The summed E-state index contributed by atoms with van der Waals surface area (Å²) in [6.07, 6.45) is 26.0. The smallest absolute Gasteiger partial charge is 0.314 e. The fraction of sp³-hybridized carbons (Fsp3) is 0.833. The van der Waals surface area contributed by atoms with Crippen LogP contribution in [-0.4, -0.2) is 23.1 Å². The van der Waals surface area contributed by atoms with Crippen molar-refractivity contribution in [1.82, 2.24) is 0 Å². The van der Waals surface area contributed by atoms with Gasteiger partial charge in [0.15, 0.2) is 0 Å². The highest BCUT2D eigenvalue weighted by Gasteiger charge is 2.90. The first-order chi connectivity index (χ1) is 19.4. The normalized spacial score (nSPS) is 63.0. The SMILES string of the molecule is O=C(OC12CC3CC(CC(C3)C1)C2)C12C3C=CC(C3)C1C1C3C=CC(C3)C12C(=O)OC12CC3CC(CC(C3)C1)C2. The molecule has 13 aliphatic rings. The number of allylic oxidation sites excluding steroid dienone is 4. The van der Waals surface area contributed by atoms with Gasteiger partial charge in [-0.2, -0.15) is 0 Å². The maximum Gasteiger partial charge on any atom is 0.314 e. The predicted molar refractivity (Wildman–Crippen MR) is 147 cm³/mol. The van der Waals surface area contributed by atoms with Gasteiger partial charge in [-0.05, 0) is 161 Å². The first-order valence-electron chi connectivity index (χ1n) is 17.2. The minimum absolute atomic E-state index is 0.0240. The third kappa shape index (κ3) is 2.42. The molecule has 4 heteroatoms. The number of hydrogen-bond donors (Lipinski definition) is 0. The summed E-state index contributed by atoms with van der Waals surface area (Å²) in [5.41, 5.74) is -1.94. The highest BCUT2D eigenvalue weighted by atomic mass is 16.6. The molecule has 0 heterocycles. The number of rotatable bonds is 4. The molecule has 0 aromatic heterocycles. The molecule has 13 rings (SSSR count). The van der Waals surface area contributed by atoms with Crippen LogP contribution in [0.2, 0.25) is 0 Å². The van der Waals surface area contributed by atoms with Crippen LogP contribution in [0.4, 0.5) is 0 Å². The Morgan fingerprint density at radius 3 is 1.12 bits per heavy atom. The fourth-order valence-electron chi connectivity index (χ4n) is 15.8. The molecule has 11 fully saturated rings. The van der Waals surface area contributed by atoms with Gasteiger partial charge >= 0.3 is 11.9 Å². The van der Waals surface area contributed by atoms with Gasteiger partial charge < -0.3 is 9.47 Å². The van der Waals surface area contributed by atoms with Gasteiger partial charge in [0.2, 0.25) is 0 Å². The maximum absolute atomic E-state index is 15.1. The van der Waals surface area contributed by atoms with Gasteiger partial charge in [-0.3, -0.25) is 9.59 Å². The van der Waals surface area contributed by atoms with Crippen LogP contribution in [0.15, 0.2) is 24.3 Å². The number of hydrogen-bond acceptors (Lipinski definition) is 4. The highest BCUT2D eigenvalue weighted by molar-refractivity contribution is 5.95. The van der Waals surface area contributed by atoms with E-state index in [2.05, 4.69) is 24.3 Å². The van der Waals surface area contributed by atoms with Crippen molar-refractivity contribution in [3.05, 3.63) is 24.3 Å². The van der Waals surface area contributed by atoms with Crippen molar-refractivity contribution in [3.8, 4) is 0 Å². The third-order valence-corrected chi connectivity index (χ3v) is 15.7. The molecule has 11 saturated carbocycles. The topological polar surface area (TPSA) is 52.6 Å². The van der Waals surface area contributed by atoms with Gasteiger partial charge in [0.05, 0.1) is 10.8 Å². The van der Waals surface area contributed by atoms with E-state index in [4.69, 9.17) is 9.47 Å². The Hall–Kier alpha value is -1.58. The second-order valence-electron chi connectivity index (χ2n) is 17.6. The lowest BCUT2D eigenvalue weighted by molar-refractivity contribution is -0.271. The molecule has 0 amide bonds. The lowest BCUT2D eigenvalue weighted by atomic mass is 9.33. The maximum atomic E-state index is 15.1. The molecule has 0 N–H and O–H groups in total. The van der Waals surface area contributed by atoms with Crippen molar-refractivity contribution in [2.24, 2.45) is 81.8 Å². The molecule has 0 aromatic rings. The zero-order chi connectivity index (χ0) is 26.2. The first-order valence-corrected chi connectivity index (χ1v) is 17.2. The number of carbonyl (C=O) groups excluding carboxylic acids is 2. The summed E-state index contributed by atoms with van der Waals surface area (Å²) in [4.78, 5) is 30.2. The standard InChI is InChI=1S/C36H44O4/c37-31(39-33-13-19-5-20(14-33)7-21(6-19)15-33)35-27-3-1-25(11-27)29(35)30-26-2-4-28(12-26)36(30,35)32(38)40-34-16-22-8-23(17-34)10-24(9-22)18-34/h1-4,19-30H,5-18H2. The van der Waals surface area contributed by atoms with E-state index in [1.54, 1.807) is 0 Å². The van der Waals surface area contributed by atoms with Crippen LogP contribution in [0.1, 0.15) is 89.9 Å². The van der Waals surface area contributed by atoms with Crippen molar-refractivity contribution < 1.29 is 19.1 Å². The van der Waals surface area contributed by atoms with E-state index in [0.29, 0.717) is 11.8 Å². The van der Waals surface area contributed by atoms with Crippen molar-refractivity contribution in [1.29, 1.82) is 0 Å². The molecule has 40 heavy (non-hydrogen) atoms. The predicted octanol–water partition coefficient (Wildman–Crippen LogP) is 6.64. The summed E-state index contributed by atoms with van der Waals surface area (Å²) < 4.78 is 14.0. The van der Waals surface area contributed by atoms with Gasteiger partial charge in [0.1, 0.15) is 11.2 Å². The van der Waals surface area contributed by atoms with E-state index >= 15 is 9.59 Å². The average Bonchev–Trinajstić information content (AvgIpc) is 3.62. The van der Waals surface area contributed by atoms with Gasteiger partial charge in [0.25, 0.3) is 0 Å². The summed E-state index contributed by atoms with van der Waals surface area (Å²) in [6.45, 7) is 0. The summed E-state index contributed by atoms with van der Waals surface area (Å²) in [5.74, 6) is 6.11. The van der Waals surface area contributed by atoms with Crippen LogP contribution in [0, 0.1) is 81.8 Å². The monoisotopic (exact) mass is 540 g/mol. The van der Waals surface area contributed by atoms with Crippen LogP contribution >= 0.6 is 0 Å². The summed E-state index contributed by atoms with van der Waals surface area (Å²) in [7, 11) is 0. The first kappa shape index (κ1) is 22.9. The molecular formula is C36H44O4. The molecule has 13 aliphatic carbocycles. The molecule has 8 unspecified atom stereocenters. The lowest BCUT2D eigenvalue weighted by Gasteiger charge is -2.69. The van der Waals surface area contributed by atoms with Crippen molar-refractivity contribution >= 4 is 11.9 Å². The molecule has 4 nitrogen and oxygen atoms in total. The number of ether oxygens (including phenoxy) is 2. The van der Waals surface area contributed by atoms with E-state index < -0.39 is 10.8 Å². The lowest BCUT2D eigenvalue weighted by Crippen LogP contribution is -2.76. The van der Waals surface area contributed by atoms with Crippen LogP contribution < -0.4 is 0 Å². The Bertz CT molecular complexity index is 1120. The van der Waals surface area contributed by atoms with Crippen LogP contribution in [-0.2, 0) is 19.1 Å². The molecule has 12 bridgehead atoms. The molecule has 0 aromatic carbocycles. The highest BCUT2D eigenvalue weighted by Crippen LogP contribution is 2.86. The molecule has 0 saturated heterocycles. The minimum Gasteiger partial charge on any atom is -0.459 e. The average molecular weight is 541 g/mol. The molecule has 0 spiro atoms. The molecule has 212 valence electrons. The van der Waals surface area contributed by atoms with Crippen molar-refractivity contribution in [2.75, 3.05) is 0 Å². The van der Waals surface area contributed by atoms with E-state index in [1.807, 2.05) is 0 Å². The Morgan fingerprint density at radius 2 is 0.800 bits per heavy atom. The zero-order valence-corrected chi connectivity index (χ0v) is 23.8. The Labute approximate surface area is 238 Å². The molecule has 0 aliphatic heterocycles. The summed E-state index contributed by atoms with van der Waals surface area (Å²) in [5, 5.41) is 0. The molecule has 8 atom stereocenters. The quantitative estimate of drug-likeness (QED) is 0.296. The Kier molecular flexibility index (Phi) is 4.00. The van der Waals surface area contributed by atoms with Crippen molar-refractivity contribution in [3.63, 3.8) is 0 Å². The van der Waals surface area contributed by atoms with E-state index in [0.717, 1.165) is 86.9 Å². The van der Waals surface area contributed by atoms with Gasteiger partial charge in [-0.15, -0.1) is 0 Å². The largest absolute Gasteiger partial charge is 0.459 e. The fourth-order valence-corrected chi connectivity index (χ4v) is 15.8. The number of carbonyl (C=O) groups is 2.